The van der Waals surface area contributed by atoms with Crippen LogP contribution in [-0.4, -0.2) is 47.5 Å². The lowest BCUT2D eigenvalue weighted by Crippen LogP contribution is -2.41. The Bertz CT molecular complexity index is 709. The van der Waals surface area contributed by atoms with Crippen LogP contribution in [0, 0.1) is 6.92 Å². The van der Waals surface area contributed by atoms with Crippen molar-refractivity contribution < 1.29 is 14.3 Å². The van der Waals surface area contributed by atoms with Gasteiger partial charge in [-0.15, -0.1) is 0 Å². The molecular formula is C18H23N3O3. The zero-order chi connectivity index (χ0) is 17.1. The predicted octanol–water partition coefficient (Wildman–Crippen LogP) is 1.88. The lowest BCUT2D eigenvalue weighted by molar-refractivity contribution is -0.134. The molecule has 3 rings (SSSR count). The maximum atomic E-state index is 12.5. The molecule has 0 spiro atoms. The Balaban J connectivity index is 1.65. The minimum atomic E-state index is -0.0221. The minimum absolute atomic E-state index is 0.0221. The minimum Gasteiger partial charge on any atom is -0.484 e. The molecule has 6 heteroatoms. The molecule has 0 unspecified atom stereocenters. The van der Waals surface area contributed by atoms with Crippen LogP contribution in [0.15, 0.2) is 30.5 Å². The molecule has 0 bridgehead atoms. The van der Waals surface area contributed by atoms with Crippen LogP contribution in [0.5, 0.6) is 5.75 Å². The smallest absolute Gasteiger partial charge is 0.260 e. The van der Waals surface area contributed by atoms with Crippen LogP contribution in [0.4, 0.5) is 0 Å². The van der Waals surface area contributed by atoms with Crippen molar-refractivity contribution in [3.63, 3.8) is 0 Å². The molecule has 0 fully saturated rings. The summed E-state index contributed by atoms with van der Waals surface area (Å²) in [5.41, 5.74) is 3.27. The summed E-state index contributed by atoms with van der Waals surface area (Å²) in [6, 6.07) is 7.70. The fourth-order valence-corrected chi connectivity index (χ4v) is 3.04. The van der Waals surface area contributed by atoms with Gasteiger partial charge >= 0.3 is 0 Å². The van der Waals surface area contributed by atoms with Gasteiger partial charge in [-0.2, -0.15) is 5.10 Å². The first-order chi connectivity index (χ1) is 11.6. The van der Waals surface area contributed by atoms with E-state index in [-0.39, 0.29) is 18.4 Å². The van der Waals surface area contributed by atoms with Gasteiger partial charge in [0.05, 0.1) is 12.3 Å². The van der Waals surface area contributed by atoms with Gasteiger partial charge in [0, 0.05) is 44.9 Å². The highest BCUT2D eigenvalue weighted by Crippen LogP contribution is 2.27. The van der Waals surface area contributed by atoms with Gasteiger partial charge in [-0.25, -0.2) is 0 Å². The Kier molecular flexibility index (Phi) is 4.85. The van der Waals surface area contributed by atoms with E-state index in [1.54, 1.807) is 11.8 Å². The average Bonchev–Trinajstić information content (AvgIpc) is 2.95. The number of carbonyl (C=O) groups is 1. The number of amides is 1. The molecule has 6 nitrogen and oxygen atoms in total. The molecule has 0 N–H and O–H groups in total. The Morgan fingerprint density at radius 2 is 2.08 bits per heavy atom. The van der Waals surface area contributed by atoms with E-state index >= 15 is 0 Å². The van der Waals surface area contributed by atoms with Crippen molar-refractivity contribution in [3.05, 3.63) is 47.3 Å². The van der Waals surface area contributed by atoms with Crippen LogP contribution in [0.1, 0.15) is 22.7 Å². The first-order valence-corrected chi connectivity index (χ1v) is 8.05. The van der Waals surface area contributed by atoms with Gasteiger partial charge < -0.3 is 14.4 Å². The Morgan fingerprint density at radius 3 is 2.79 bits per heavy atom. The topological polar surface area (TPSA) is 56.6 Å². The number of carbonyl (C=O) groups excluding carboxylic acids is 1. The van der Waals surface area contributed by atoms with E-state index < -0.39 is 0 Å². The van der Waals surface area contributed by atoms with Crippen molar-refractivity contribution >= 4 is 5.91 Å². The zero-order valence-electron chi connectivity index (χ0n) is 14.4. The van der Waals surface area contributed by atoms with Crippen LogP contribution in [0.25, 0.3) is 0 Å². The highest BCUT2D eigenvalue weighted by molar-refractivity contribution is 5.78. The number of hydrogen-bond donors (Lipinski definition) is 0. The van der Waals surface area contributed by atoms with Crippen LogP contribution >= 0.6 is 0 Å². The van der Waals surface area contributed by atoms with Gasteiger partial charge in [0.1, 0.15) is 5.75 Å². The molecule has 0 saturated carbocycles. The molecule has 24 heavy (non-hydrogen) atoms. The van der Waals surface area contributed by atoms with Gasteiger partial charge in [0.2, 0.25) is 0 Å². The number of fused-ring (bicyclic) bond motifs is 1. The fraction of sp³-hybridized carbons (Fsp3) is 0.444. The van der Waals surface area contributed by atoms with Crippen molar-refractivity contribution in [3.8, 4) is 5.75 Å². The van der Waals surface area contributed by atoms with Gasteiger partial charge in [0.25, 0.3) is 5.91 Å². The lowest BCUT2D eigenvalue weighted by atomic mass is 9.97. The molecule has 0 aliphatic carbocycles. The zero-order valence-corrected chi connectivity index (χ0v) is 14.4. The third-order valence-electron chi connectivity index (χ3n) is 4.23. The molecule has 0 radical (unpaired) electrons. The molecule has 1 aliphatic rings. The normalized spacial score (nSPS) is 16.8. The second kappa shape index (κ2) is 7.05. The van der Waals surface area contributed by atoms with E-state index in [0.717, 1.165) is 16.8 Å². The fourth-order valence-electron chi connectivity index (χ4n) is 3.04. The SMILES string of the molecule is COC[C@H]1CN(C(=O)COc2ccc(C)cc2)Cc2cn(C)nc21. The molecule has 2 heterocycles. The molecular weight excluding hydrogens is 306 g/mol. The van der Waals surface area contributed by atoms with Gasteiger partial charge in [-0.05, 0) is 19.1 Å². The Labute approximate surface area is 142 Å². The quantitative estimate of drug-likeness (QED) is 0.840. The molecule has 1 amide bonds. The number of aromatic nitrogens is 2. The first kappa shape index (κ1) is 16.5. The second-order valence-electron chi connectivity index (χ2n) is 6.24. The average molecular weight is 329 g/mol. The summed E-state index contributed by atoms with van der Waals surface area (Å²) in [6.45, 7) is 3.78. The van der Waals surface area contributed by atoms with Crippen LogP contribution in [-0.2, 0) is 23.1 Å². The Hall–Kier alpha value is -2.34. The molecule has 2 aromatic rings. The summed E-state index contributed by atoms with van der Waals surface area (Å²) in [7, 11) is 3.57. The number of benzene rings is 1. The van der Waals surface area contributed by atoms with Gasteiger partial charge in [-0.1, -0.05) is 17.7 Å². The van der Waals surface area contributed by atoms with Crippen LogP contribution < -0.4 is 4.74 Å². The number of methoxy groups -OCH3 is 1. The summed E-state index contributed by atoms with van der Waals surface area (Å²) in [4.78, 5) is 14.4. The van der Waals surface area contributed by atoms with Crippen molar-refractivity contribution in [1.29, 1.82) is 0 Å². The first-order valence-electron chi connectivity index (χ1n) is 8.05. The van der Waals surface area contributed by atoms with Crippen LogP contribution in [0.3, 0.4) is 0 Å². The molecule has 1 aromatic carbocycles. The predicted molar refractivity (Wildman–Crippen MR) is 89.9 cm³/mol. The second-order valence-corrected chi connectivity index (χ2v) is 6.24. The largest absolute Gasteiger partial charge is 0.484 e. The highest BCUT2D eigenvalue weighted by Gasteiger charge is 2.30. The van der Waals surface area contributed by atoms with E-state index in [2.05, 4.69) is 5.10 Å². The summed E-state index contributed by atoms with van der Waals surface area (Å²) in [5.74, 6) is 0.788. The number of aryl methyl sites for hydroxylation is 2. The van der Waals surface area contributed by atoms with E-state index in [1.165, 1.54) is 0 Å². The van der Waals surface area contributed by atoms with E-state index in [4.69, 9.17) is 9.47 Å². The van der Waals surface area contributed by atoms with E-state index in [0.29, 0.717) is 25.4 Å². The van der Waals surface area contributed by atoms with E-state index in [1.807, 2.05) is 49.3 Å². The van der Waals surface area contributed by atoms with E-state index in [9.17, 15) is 4.79 Å². The highest BCUT2D eigenvalue weighted by atomic mass is 16.5. The van der Waals surface area contributed by atoms with Crippen molar-refractivity contribution in [2.24, 2.45) is 7.05 Å². The number of rotatable bonds is 5. The number of nitrogens with zero attached hydrogens (tertiary/aromatic N) is 3. The van der Waals surface area contributed by atoms with Crippen LogP contribution in [0.2, 0.25) is 0 Å². The Morgan fingerprint density at radius 1 is 1.33 bits per heavy atom. The third-order valence-corrected chi connectivity index (χ3v) is 4.23. The third kappa shape index (κ3) is 3.59. The standard InChI is InChI=1S/C18H23N3O3/c1-13-4-6-16(7-5-13)24-12-17(22)21-9-14-8-20(2)19-18(14)15(10-21)11-23-3/h4-8,15H,9-12H2,1-3H3/t15-/m1/s1. The summed E-state index contributed by atoms with van der Waals surface area (Å²) < 4.78 is 12.7. The van der Waals surface area contributed by atoms with Gasteiger partial charge in [-0.3, -0.25) is 9.48 Å². The molecule has 1 aliphatic heterocycles. The maximum Gasteiger partial charge on any atom is 0.260 e. The van der Waals surface area contributed by atoms with Crippen molar-refractivity contribution in [2.75, 3.05) is 26.9 Å². The molecule has 1 atom stereocenters. The van der Waals surface area contributed by atoms with Crippen molar-refractivity contribution in [1.82, 2.24) is 14.7 Å². The monoisotopic (exact) mass is 329 g/mol. The van der Waals surface area contributed by atoms with Crippen molar-refractivity contribution in [2.45, 2.75) is 19.4 Å². The molecule has 1 aromatic heterocycles. The maximum absolute atomic E-state index is 12.5. The summed E-state index contributed by atoms with van der Waals surface area (Å²) in [6.07, 6.45) is 1.97. The van der Waals surface area contributed by atoms with Gasteiger partial charge in [0.15, 0.2) is 6.61 Å². The number of hydrogen-bond acceptors (Lipinski definition) is 4. The summed E-state index contributed by atoms with van der Waals surface area (Å²) in [5, 5.41) is 4.51. The summed E-state index contributed by atoms with van der Waals surface area (Å²) >= 11 is 0. The lowest BCUT2D eigenvalue weighted by Gasteiger charge is -2.31. The number of ether oxygens (including phenoxy) is 2. The molecule has 0 saturated heterocycles. The molecule has 128 valence electrons.